The van der Waals surface area contributed by atoms with Crippen molar-refractivity contribution in [1.82, 2.24) is 24.7 Å². The zero-order chi connectivity index (χ0) is 27.3. The Hall–Kier alpha value is -4.19. The second-order valence-corrected chi connectivity index (χ2v) is 8.80. The van der Waals surface area contributed by atoms with Crippen LogP contribution in [-0.2, 0) is 16.0 Å². The van der Waals surface area contributed by atoms with Gasteiger partial charge in [0.15, 0.2) is 5.65 Å². The van der Waals surface area contributed by atoms with Crippen LogP contribution in [-0.4, -0.2) is 62.1 Å². The number of aliphatic carboxylic acids is 1. The lowest BCUT2D eigenvalue weighted by molar-refractivity contribution is -0.161. The number of alkyl halides is 2. The Morgan fingerprint density at radius 2 is 1.97 bits per heavy atom. The number of methoxy groups -OCH3 is 1. The van der Waals surface area contributed by atoms with Crippen LogP contribution < -0.4 is 10.3 Å². The van der Waals surface area contributed by atoms with Gasteiger partial charge in [-0.3, -0.25) is 4.79 Å². The average molecular weight is 528 g/mol. The second-order valence-electron chi connectivity index (χ2n) is 8.80. The summed E-state index contributed by atoms with van der Waals surface area (Å²) in [5.74, 6) is -4.51. The largest absolute Gasteiger partial charge is 0.481 e. The van der Waals surface area contributed by atoms with Crippen LogP contribution in [0.15, 0.2) is 53.6 Å². The summed E-state index contributed by atoms with van der Waals surface area (Å²) in [4.78, 5) is 33.9. The fourth-order valence-corrected chi connectivity index (χ4v) is 4.09. The SMILES string of the molecule is CC(F)(F)C(=O)O.COc1cc(-c2ccccc2Cc2nc3c(cnn3C3CCOCC3)c(=O)[nH]2)ccn1. The molecular formula is C26H27F2N5O5. The van der Waals surface area contributed by atoms with Gasteiger partial charge in [0.05, 0.1) is 19.3 Å². The van der Waals surface area contributed by atoms with Gasteiger partial charge in [0, 0.05) is 38.8 Å². The molecule has 5 rings (SSSR count). The smallest absolute Gasteiger partial charge is 0.374 e. The molecule has 38 heavy (non-hydrogen) atoms. The molecule has 12 heteroatoms. The molecule has 0 radical (unpaired) electrons. The van der Waals surface area contributed by atoms with Crippen molar-refractivity contribution in [3.05, 3.63) is 70.5 Å². The molecule has 0 aliphatic carbocycles. The number of carboxylic acid groups (broad SMARTS) is 1. The third-order valence-electron chi connectivity index (χ3n) is 6.05. The number of fused-ring (bicyclic) bond motifs is 1. The summed E-state index contributed by atoms with van der Waals surface area (Å²) >= 11 is 0. The van der Waals surface area contributed by atoms with Crippen LogP contribution in [0.5, 0.6) is 5.88 Å². The number of rotatable bonds is 6. The Morgan fingerprint density at radius 3 is 2.66 bits per heavy atom. The summed E-state index contributed by atoms with van der Waals surface area (Å²) in [6.45, 7) is 1.73. The van der Waals surface area contributed by atoms with Crippen LogP contribution >= 0.6 is 0 Å². The number of benzene rings is 1. The summed E-state index contributed by atoms with van der Waals surface area (Å²) in [6.07, 6.45) is 5.56. The first-order valence-corrected chi connectivity index (χ1v) is 11.9. The minimum atomic E-state index is -3.58. The second kappa shape index (κ2) is 11.5. The van der Waals surface area contributed by atoms with E-state index < -0.39 is 11.9 Å². The first-order valence-electron chi connectivity index (χ1n) is 11.9. The van der Waals surface area contributed by atoms with E-state index in [1.54, 1.807) is 19.5 Å². The number of hydrogen-bond donors (Lipinski definition) is 2. The quantitative estimate of drug-likeness (QED) is 0.386. The number of pyridine rings is 1. The Morgan fingerprint density at radius 1 is 1.26 bits per heavy atom. The molecule has 0 bridgehead atoms. The van der Waals surface area contributed by atoms with E-state index in [0.29, 0.717) is 49.3 Å². The van der Waals surface area contributed by atoms with Crippen molar-refractivity contribution < 1.29 is 28.2 Å². The zero-order valence-corrected chi connectivity index (χ0v) is 20.9. The Labute approximate surface area is 216 Å². The van der Waals surface area contributed by atoms with Gasteiger partial charge < -0.3 is 19.6 Å². The fourth-order valence-electron chi connectivity index (χ4n) is 4.09. The molecule has 1 aliphatic rings. The van der Waals surface area contributed by atoms with E-state index in [0.717, 1.165) is 29.5 Å². The van der Waals surface area contributed by atoms with Gasteiger partial charge >= 0.3 is 11.9 Å². The third kappa shape index (κ3) is 6.20. The number of ether oxygens (including phenoxy) is 2. The number of carboxylic acids is 1. The van der Waals surface area contributed by atoms with Crippen molar-refractivity contribution in [2.75, 3.05) is 20.3 Å². The third-order valence-corrected chi connectivity index (χ3v) is 6.05. The summed E-state index contributed by atoms with van der Waals surface area (Å²) in [5, 5.41) is 12.5. The van der Waals surface area contributed by atoms with Crippen molar-refractivity contribution in [3.8, 4) is 17.0 Å². The Bertz CT molecular complexity index is 1470. The van der Waals surface area contributed by atoms with Crippen molar-refractivity contribution in [1.29, 1.82) is 0 Å². The molecule has 2 N–H and O–H groups in total. The van der Waals surface area contributed by atoms with Crippen LogP contribution in [0.4, 0.5) is 8.78 Å². The standard InChI is InChI=1S/C23H23N5O3.C3H4F2O2/c1-30-21-13-16(6-9-24-21)18-5-3-2-4-15(18)12-20-26-22-19(23(29)27-20)14-25-28(22)17-7-10-31-11-8-17;1-3(4,5)2(6)7/h2-6,9,13-14,17H,7-8,10-12H2,1H3,(H,26,27,29);1H3,(H,6,7). The molecule has 0 saturated carbocycles. The van der Waals surface area contributed by atoms with Crippen LogP contribution in [0.3, 0.4) is 0 Å². The summed E-state index contributed by atoms with van der Waals surface area (Å²) in [6, 6.07) is 12.1. The van der Waals surface area contributed by atoms with Gasteiger partial charge in [-0.05, 0) is 35.6 Å². The maximum atomic E-state index is 12.7. The number of nitrogens with zero attached hydrogens (tertiary/aromatic N) is 4. The molecule has 200 valence electrons. The molecule has 0 unspecified atom stereocenters. The van der Waals surface area contributed by atoms with Crippen LogP contribution in [0.2, 0.25) is 0 Å². The van der Waals surface area contributed by atoms with E-state index in [9.17, 15) is 18.4 Å². The normalized spacial score (nSPS) is 14.1. The van der Waals surface area contributed by atoms with Gasteiger partial charge in [0.2, 0.25) is 5.88 Å². The average Bonchev–Trinajstić information content (AvgIpc) is 3.34. The van der Waals surface area contributed by atoms with Crippen molar-refractivity contribution in [2.24, 2.45) is 0 Å². The summed E-state index contributed by atoms with van der Waals surface area (Å²) in [5.41, 5.74) is 3.56. The highest BCUT2D eigenvalue weighted by Crippen LogP contribution is 2.28. The lowest BCUT2D eigenvalue weighted by Crippen LogP contribution is -2.22. The minimum Gasteiger partial charge on any atom is -0.481 e. The van der Waals surface area contributed by atoms with E-state index in [2.05, 4.69) is 15.1 Å². The van der Waals surface area contributed by atoms with E-state index >= 15 is 0 Å². The highest BCUT2D eigenvalue weighted by Gasteiger charge is 2.31. The molecule has 1 aromatic carbocycles. The van der Waals surface area contributed by atoms with Gasteiger partial charge in [-0.2, -0.15) is 13.9 Å². The topological polar surface area (TPSA) is 132 Å². The molecule has 1 fully saturated rings. The summed E-state index contributed by atoms with van der Waals surface area (Å²) < 4.78 is 35.1. The van der Waals surface area contributed by atoms with Crippen LogP contribution in [0.1, 0.15) is 37.2 Å². The highest BCUT2D eigenvalue weighted by atomic mass is 19.3. The van der Waals surface area contributed by atoms with Gasteiger partial charge in [0.1, 0.15) is 11.2 Å². The predicted molar refractivity (Wildman–Crippen MR) is 135 cm³/mol. The molecule has 10 nitrogen and oxygen atoms in total. The first kappa shape index (κ1) is 26.9. The predicted octanol–water partition coefficient (Wildman–Crippen LogP) is 3.86. The highest BCUT2D eigenvalue weighted by molar-refractivity contribution is 5.74. The number of H-pyrrole nitrogens is 1. The minimum absolute atomic E-state index is 0.165. The van der Waals surface area contributed by atoms with E-state index in [-0.39, 0.29) is 11.6 Å². The molecular weight excluding hydrogens is 500 g/mol. The van der Waals surface area contributed by atoms with E-state index in [1.807, 2.05) is 41.1 Å². The number of nitrogens with one attached hydrogen (secondary N) is 1. The molecule has 0 atom stereocenters. The van der Waals surface area contributed by atoms with Crippen molar-refractivity contribution in [3.63, 3.8) is 0 Å². The van der Waals surface area contributed by atoms with Gasteiger partial charge in [-0.25, -0.2) is 19.4 Å². The van der Waals surface area contributed by atoms with Crippen LogP contribution in [0, 0.1) is 0 Å². The molecule has 0 spiro atoms. The van der Waals surface area contributed by atoms with Gasteiger partial charge in [-0.1, -0.05) is 24.3 Å². The first-order chi connectivity index (χ1) is 18.2. The molecule has 4 heterocycles. The van der Waals surface area contributed by atoms with Crippen molar-refractivity contribution >= 4 is 17.0 Å². The molecule has 3 aromatic heterocycles. The van der Waals surface area contributed by atoms with Gasteiger partial charge in [-0.15, -0.1) is 0 Å². The number of aromatic nitrogens is 5. The molecule has 4 aromatic rings. The Balaban J connectivity index is 0.000000426. The Kier molecular flexibility index (Phi) is 8.10. The number of hydrogen-bond acceptors (Lipinski definition) is 7. The monoisotopic (exact) mass is 527 g/mol. The van der Waals surface area contributed by atoms with E-state index in [1.165, 1.54) is 0 Å². The molecule has 1 saturated heterocycles. The van der Waals surface area contributed by atoms with E-state index in [4.69, 9.17) is 19.6 Å². The number of halogens is 2. The maximum absolute atomic E-state index is 12.7. The number of aromatic amines is 1. The van der Waals surface area contributed by atoms with Crippen LogP contribution in [0.25, 0.3) is 22.2 Å². The summed E-state index contributed by atoms with van der Waals surface area (Å²) in [7, 11) is 1.60. The lowest BCUT2D eigenvalue weighted by atomic mass is 9.98. The van der Waals surface area contributed by atoms with Gasteiger partial charge in [0.25, 0.3) is 5.56 Å². The lowest BCUT2D eigenvalue weighted by Gasteiger charge is -2.22. The number of carbonyl (C=O) groups is 1. The fraction of sp³-hybridized carbons (Fsp3) is 0.346. The molecule has 0 amide bonds. The molecule has 1 aliphatic heterocycles. The maximum Gasteiger partial charge on any atom is 0.374 e. The van der Waals surface area contributed by atoms with Crippen molar-refractivity contribution in [2.45, 2.75) is 38.2 Å². The zero-order valence-electron chi connectivity index (χ0n) is 20.9.